The molecule has 1 aliphatic rings. The maximum Gasteiger partial charge on any atom is 0.573 e. The number of alkyl halides is 3. The Hall–Kier alpha value is -1.44. The van der Waals surface area contributed by atoms with Gasteiger partial charge in [0, 0.05) is 12.2 Å². The predicted molar refractivity (Wildman–Crippen MR) is 68.6 cm³/mol. The van der Waals surface area contributed by atoms with Gasteiger partial charge in [0.05, 0.1) is 11.6 Å². The molecule has 1 saturated heterocycles. The third-order valence-electron chi connectivity index (χ3n) is 2.97. The summed E-state index contributed by atoms with van der Waals surface area (Å²) in [6.45, 7) is 0.645. The molecular weight excluding hydrogens is 343 g/mol. The molecular formula is C12H11BrF3NO3. The third-order valence-corrected chi connectivity index (χ3v) is 3.59. The van der Waals surface area contributed by atoms with Crippen LogP contribution in [-0.2, 0) is 9.53 Å². The number of halogens is 4. The van der Waals surface area contributed by atoms with Crippen LogP contribution in [0.1, 0.15) is 6.42 Å². The lowest BCUT2D eigenvalue weighted by molar-refractivity contribution is -0.274. The summed E-state index contributed by atoms with van der Waals surface area (Å²) in [5.41, 5.74) is 0.632. The molecule has 0 amide bonds. The van der Waals surface area contributed by atoms with Crippen molar-refractivity contribution < 1.29 is 27.4 Å². The first kappa shape index (κ1) is 15.0. The number of ether oxygens (including phenoxy) is 2. The van der Waals surface area contributed by atoms with Crippen molar-refractivity contribution in [3.63, 3.8) is 0 Å². The van der Waals surface area contributed by atoms with E-state index < -0.39 is 6.36 Å². The largest absolute Gasteiger partial charge is 0.573 e. The average molecular weight is 354 g/mol. The van der Waals surface area contributed by atoms with Gasteiger partial charge in [-0.1, -0.05) is 0 Å². The molecule has 0 bridgehead atoms. The summed E-state index contributed by atoms with van der Waals surface area (Å²) in [6, 6.07) is 3.78. The monoisotopic (exact) mass is 353 g/mol. The highest BCUT2D eigenvalue weighted by atomic mass is 79.9. The highest BCUT2D eigenvalue weighted by Gasteiger charge is 2.36. The second-order valence-electron chi connectivity index (χ2n) is 4.18. The molecule has 0 saturated carbocycles. The lowest BCUT2D eigenvalue weighted by Gasteiger charge is -2.40. The van der Waals surface area contributed by atoms with Crippen LogP contribution >= 0.6 is 15.9 Å². The molecule has 110 valence electrons. The van der Waals surface area contributed by atoms with Crippen molar-refractivity contribution in [3.8, 4) is 5.75 Å². The summed E-state index contributed by atoms with van der Waals surface area (Å²) in [4.78, 5) is 13.2. The molecule has 0 spiro atoms. The minimum Gasteiger partial charge on any atom is -0.467 e. The minimum absolute atomic E-state index is 0.169. The van der Waals surface area contributed by atoms with Gasteiger partial charge in [0.2, 0.25) is 0 Å². The number of hydrogen-bond donors (Lipinski definition) is 0. The first-order valence-electron chi connectivity index (χ1n) is 5.71. The van der Waals surface area contributed by atoms with Crippen molar-refractivity contribution in [2.45, 2.75) is 18.8 Å². The smallest absolute Gasteiger partial charge is 0.467 e. The topological polar surface area (TPSA) is 38.8 Å². The lowest BCUT2D eigenvalue weighted by atomic mass is 10.0. The van der Waals surface area contributed by atoms with Crippen molar-refractivity contribution in [3.05, 3.63) is 22.7 Å². The number of carbonyl (C=O) groups excluding carboxylic acids is 1. The van der Waals surface area contributed by atoms with E-state index in [1.54, 1.807) is 4.90 Å². The number of hydrogen-bond acceptors (Lipinski definition) is 4. The molecule has 1 aliphatic heterocycles. The standard InChI is InChI=1S/C12H11BrF3NO3/c1-19-11(18)9-4-5-17(9)7-2-3-10(8(13)6-7)20-12(14,15)16/h2-3,6,9H,4-5H2,1H3. The lowest BCUT2D eigenvalue weighted by Crippen LogP contribution is -2.53. The highest BCUT2D eigenvalue weighted by Crippen LogP contribution is 2.36. The van der Waals surface area contributed by atoms with Gasteiger partial charge in [0.15, 0.2) is 0 Å². The molecule has 1 heterocycles. The summed E-state index contributed by atoms with van der Waals surface area (Å²) in [6.07, 6.45) is -4.08. The first-order valence-corrected chi connectivity index (χ1v) is 6.51. The molecule has 1 atom stereocenters. The zero-order valence-corrected chi connectivity index (χ0v) is 12.0. The van der Waals surface area contributed by atoms with Crippen LogP contribution in [0, 0.1) is 0 Å². The highest BCUT2D eigenvalue weighted by molar-refractivity contribution is 9.10. The molecule has 20 heavy (non-hydrogen) atoms. The second kappa shape index (κ2) is 5.51. The molecule has 8 heteroatoms. The second-order valence-corrected chi connectivity index (χ2v) is 5.04. The van der Waals surface area contributed by atoms with E-state index in [4.69, 9.17) is 0 Å². The molecule has 1 aromatic carbocycles. The van der Waals surface area contributed by atoms with E-state index in [0.717, 1.165) is 0 Å². The molecule has 1 fully saturated rings. The van der Waals surface area contributed by atoms with E-state index in [2.05, 4.69) is 25.4 Å². The van der Waals surface area contributed by atoms with Crippen molar-refractivity contribution >= 4 is 27.6 Å². The number of rotatable bonds is 3. The molecule has 4 nitrogen and oxygen atoms in total. The molecule has 1 unspecified atom stereocenters. The molecule has 0 radical (unpaired) electrons. The number of benzene rings is 1. The molecule has 1 aromatic rings. The summed E-state index contributed by atoms with van der Waals surface area (Å²) in [5.74, 6) is -0.681. The minimum atomic E-state index is -4.74. The summed E-state index contributed by atoms with van der Waals surface area (Å²) < 4.78 is 45.2. The van der Waals surface area contributed by atoms with E-state index >= 15 is 0 Å². The summed E-state index contributed by atoms with van der Waals surface area (Å²) in [7, 11) is 1.30. The van der Waals surface area contributed by atoms with Gasteiger partial charge in [-0.2, -0.15) is 0 Å². The van der Waals surface area contributed by atoms with Crippen LogP contribution in [0.4, 0.5) is 18.9 Å². The van der Waals surface area contributed by atoms with Gasteiger partial charge in [-0.3, -0.25) is 0 Å². The van der Waals surface area contributed by atoms with Crippen LogP contribution in [0.5, 0.6) is 5.75 Å². The number of nitrogens with zero attached hydrogens (tertiary/aromatic N) is 1. The normalized spacial score (nSPS) is 18.4. The Morgan fingerprint density at radius 2 is 2.15 bits per heavy atom. The zero-order valence-electron chi connectivity index (χ0n) is 10.4. The van der Waals surface area contributed by atoms with E-state index in [1.807, 2.05) is 0 Å². The van der Waals surface area contributed by atoms with Gasteiger partial charge in [0.1, 0.15) is 11.8 Å². The van der Waals surface area contributed by atoms with Gasteiger partial charge in [0.25, 0.3) is 0 Å². The van der Waals surface area contributed by atoms with Gasteiger partial charge in [-0.25, -0.2) is 4.79 Å². The number of carbonyl (C=O) groups is 1. The molecule has 0 aromatic heterocycles. The molecule has 0 N–H and O–H groups in total. The van der Waals surface area contributed by atoms with Crippen LogP contribution in [0.25, 0.3) is 0 Å². The van der Waals surface area contributed by atoms with E-state index in [1.165, 1.54) is 25.3 Å². The van der Waals surface area contributed by atoms with Crippen LogP contribution in [0.3, 0.4) is 0 Å². The summed E-state index contributed by atoms with van der Waals surface area (Å²) in [5, 5.41) is 0. The number of methoxy groups -OCH3 is 1. The van der Waals surface area contributed by atoms with Gasteiger partial charge in [-0.15, -0.1) is 13.2 Å². The fourth-order valence-corrected chi connectivity index (χ4v) is 2.40. The van der Waals surface area contributed by atoms with Crippen LogP contribution < -0.4 is 9.64 Å². The SMILES string of the molecule is COC(=O)C1CCN1c1ccc(OC(F)(F)F)c(Br)c1. The van der Waals surface area contributed by atoms with Crippen LogP contribution in [-0.4, -0.2) is 32.0 Å². The Kier molecular flexibility index (Phi) is 4.12. The Bertz CT molecular complexity index is 521. The van der Waals surface area contributed by atoms with Crippen molar-refractivity contribution in [2.24, 2.45) is 0 Å². The van der Waals surface area contributed by atoms with Crippen LogP contribution in [0.15, 0.2) is 22.7 Å². The fourth-order valence-electron chi connectivity index (χ4n) is 1.95. The molecule has 2 rings (SSSR count). The van der Waals surface area contributed by atoms with Crippen molar-refractivity contribution in [1.29, 1.82) is 0 Å². The van der Waals surface area contributed by atoms with Gasteiger partial charge >= 0.3 is 12.3 Å². The third kappa shape index (κ3) is 3.17. The van der Waals surface area contributed by atoms with Crippen molar-refractivity contribution in [1.82, 2.24) is 0 Å². The number of esters is 1. The van der Waals surface area contributed by atoms with Crippen molar-refractivity contribution in [2.75, 3.05) is 18.6 Å². The van der Waals surface area contributed by atoms with E-state index in [-0.39, 0.29) is 22.2 Å². The Morgan fingerprint density at radius 1 is 1.45 bits per heavy atom. The van der Waals surface area contributed by atoms with E-state index in [0.29, 0.717) is 18.7 Å². The van der Waals surface area contributed by atoms with Gasteiger partial charge in [-0.05, 0) is 40.5 Å². The first-order chi connectivity index (χ1) is 9.31. The van der Waals surface area contributed by atoms with Gasteiger partial charge < -0.3 is 14.4 Å². The quantitative estimate of drug-likeness (QED) is 0.782. The predicted octanol–water partition coefficient (Wildman–Crippen LogP) is 3.10. The Morgan fingerprint density at radius 3 is 2.60 bits per heavy atom. The summed E-state index contributed by atoms with van der Waals surface area (Å²) >= 11 is 3.03. The zero-order chi connectivity index (χ0) is 14.9. The molecule has 0 aliphatic carbocycles. The van der Waals surface area contributed by atoms with Crippen LogP contribution in [0.2, 0.25) is 0 Å². The number of anilines is 1. The average Bonchev–Trinajstić information content (AvgIpc) is 2.29. The Balaban J connectivity index is 2.15. The maximum atomic E-state index is 12.2. The fraction of sp³-hybridized carbons (Fsp3) is 0.417. The Labute approximate surface area is 121 Å². The maximum absolute atomic E-state index is 12.2. The van der Waals surface area contributed by atoms with E-state index in [9.17, 15) is 18.0 Å².